The van der Waals surface area contributed by atoms with Crippen LogP contribution >= 0.6 is 27.5 Å². The molecule has 5 heteroatoms. The monoisotopic (exact) mass is 339 g/mol. The average Bonchev–Trinajstić information content (AvgIpc) is 2.41. The smallest absolute Gasteiger partial charge is 0.198 e. The van der Waals surface area contributed by atoms with Gasteiger partial charge in [-0.05, 0) is 46.3 Å². The van der Waals surface area contributed by atoms with Crippen LogP contribution in [0.1, 0.15) is 15.9 Å². The Labute approximate surface area is 124 Å². The molecule has 0 bridgehead atoms. The lowest BCUT2D eigenvalue weighted by atomic mass is 10.0. The molecule has 3 nitrogen and oxygen atoms in total. The molecule has 0 radical (unpaired) electrons. The normalized spacial score (nSPS) is 10.3. The van der Waals surface area contributed by atoms with Crippen LogP contribution in [0.4, 0.5) is 5.69 Å². The van der Waals surface area contributed by atoms with Crippen molar-refractivity contribution in [3.63, 3.8) is 0 Å². The summed E-state index contributed by atoms with van der Waals surface area (Å²) in [5.74, 6) is 0.280. The molecular formula is C14H11BrClNO2. The third-order valence-electron chi connectivity index (χ3n) is 2.68. The molecule has 2 aromatic carbocycles. The second kappa shape index (κ2) is 5.63. The fraction of sp³-hybridized carbons (Fsp3) is 0.0714. The van der Waals surface area contributed by atoms with Gasteiger partial charge in [-0.1, -0.05) is 17.7 Å². The number of nitrogen functional groups attached to an aromatic ring is 1. The number of carbonyl (C=O) groups is 1. The zero-order valence-corrected chi connectivity index (χ0v) is 12.5. The van der Waals surface area contributed by atoms with Crippen LogP contribution in [0, 0.1) is 0 Å². The minimum Gasteiger partial charge on any atom is -0.496 e. The van der Waals surface area contributed by atoms with E-state index in [4.69, 9.17) is 22.1 Å². The van der Waals surface area contributed by atoms with Gasteiger partial charge in [0.05, 0.1) is 17.1 Å². The van der Waals surface area contributed by atoms with Crippen LogP contribution in [-0.4, -0.2) is 12.9 Å². The van der Waals surface area contributed by atoms with Gasteiger partial charge in [0, 0.05) is 16.3 Å². The van der Waals surface area contributed by atoms with E-state index < -0.39 is 0 Å². The number of halogens is 2. The SMILES string of the molecule is COc1ccc(Cl)cc1C(=O)c1cccc(N)c1Br. The number of benzene rings is 2. The highest BCUT2D eigenvalue weighted by Gasteiger charge is 2.18. The summed E-state index contributed by atoms with van der Waals surface area (Å²) < 4.78 is 5.76. The van der Waals surface area contributed by atoms with E-state index in [0.29, 0.717) is 32.1 Å². The first-order chi connectivity index (χ1) is 9.04. The molecule has 0 saturated carbocycles. The van der Waals surface area contributed by atoms with Gasteiger partial charge in [-0.3, -0.25) is 4.79 Å². The second-order valence-electron chi connectivity index (χ2n) is 3.88. The van der Waals surface area contributed by atoms with E-state index in [1.165, 1.54) is 7.11 Å². The first kappa shape index (κ1) is 13.9. The van der Waals surface area contributed by atoms with Gasteiger partial charge < -0.3 is 10.5 Å². The van der Waals surface area contributed by atoms with E-state index in [-0.39, 0.29) is 5.78 Å². The van der Waals surface area contributed by atoms with Gasteiger partial charge in [0.25, 0.3) is 0 Å². The number of ketones is 1. The number of hydrogen-bond acceptors (Lipinski definition) is 3. The minimum atomic E-state index is -0.196. The van der Waals surface area contributed by atoms with Crippen molar-refractivity contribution >= 4 is 39.0 Å². The summed E-state index contributed by atoms with van der Waals surface area (Å²) in [4.78, 5) is 12.5. The van der Waals surface area contributed by atoms with Crippen molar-refractivity contribution in [3.05, 3.63) is 57.0 Å². The summed E-state index contributed by atoms with van der Waals surface area (Å²) in [6.45, 7) is 0. The van der Waals surface area contributed by atoms with Crippen LogP contribution < -0.4 is 10.5 Å². The lowest BCUT2D eigenvalue weighted by molar-refractivity contribution is 0.103. The molecule has 0 aliphatic carbocycles. The summed E-state index contributed by atoms with van der Waals surface area (Å²) in [6, 6.07) is 10.1. The van der Waals surface area contributed by atoms with Crippen molar-refractivity contribution in [2.75, 3.05) is 12.8 Å². The number of carbonyl (C=O) groups excluding carboxylic acids is 1. The molecule has 98 valence electrons. The average molecular weight is 341 g/mol. The van der Waals surface area contributed by atoms with Crippen LogP contribution in [0.25, 0.3) is 0 Å². The lowest BCUT2D eigenvalue weighted by Crippen LogP contribution is -2.06. The quantitative estimate of drug-likeness (QED) is 0.680. The van der Waals surface area contributed by atoms with E-state index in [0.717, 1.165) is 0 Å². The highest BCUT2D eigenvalue weighted by Crippen LogP contribution is 2.30. The Bertz CT molecular complexity index is 643. The van der Waals surface area contributed by atoms with Gasteiger partial charge in [-0.2, -0.15) is 0 Å². The van der Waals surface area contributed by atoms with Crippen molar-refractivity contribution in [1.29, 1.82) is 0 Å². The number of nitrogens with two attached hydrogens (primary N) is 1. The Balaban J connectivity index is 2.56. The third-order valence-corrected chi connectivity index (χ3v) is 3.80. The molecule has 2 aromatic rings. The fourth-order valence-corrected chi connectivity index (χ4v) is 2.34. The van der Waals surface area contributed by atoms with Crippen molar-refractivity contribution in [2.24, 2.45) is 0 Å². The number of anilines is 1. The topological polar surface area (TPSA) is 52.3 Å². The van der Waals surface area contributed by atoms with Gasteiger partial charge >= 0.3 is 0 Å². The largest absolute Gasteiger partial charge is 0.496 e. The number of ether oxygens (including phenoxy) is 1. The molecule has 0 saturated heterocycles. The molecule has 0 aliphatic rings. The second-order valence-corrected chi connectivity index (χ2v) is 5.11. The van der Waals surface area contributed by atoms with E-state index in [1.54, 1.807) is 36.4 Å². The van der Waals surface area contributed by atoms with Crippen molar-refractivity contribution < 1.29 is 9.53 Å². The van der Waals surface area contributed by atoms with Gasteiger partial charge in [-0.15, -0.1) is 0 Å². The molecule has 0 spiro atoms. The zero-order valence-electron chi connectivity index (χ0n) is 10.1. The standard InChI is InChI=1S/C14H11BrClNO2/c1-19-12-6-5-8(16)7-10(12)14(18)9-3-2-4-11(17)13(9)15/h2-7H,17H2,1H3. The highest BCUT2D eigenvalue weighted by atomic mass is 79.9. The Kier molecular flexibility index (Phi) is 4.12. The van der Waals surface area contributed by atoms with Gasteiger partial charge in [-0.25, -0.2) is 0 Å². The summed E-state index contributed by atoms with van der Waals surface area (Å²) >= 11 is 9.26. The van der Waals surface area contributed by atoms with E-state index in [9.17, 15) is 4.79 Å². The fourth-order valence-electron chi connectivity index (χ4n) is 1.73. The number of rotatable bonds is 3. The van der Waals surface area contributed by atoms with Gasteiger partial charge in [0.2, 0.25) is 0 Å². The van der Waals surface area contributed by atoms with Crippen molar-refractivity contribution in [3.8, 4) is 5.75 Å². The summed E-state index contributed by atoms with van der Waals surface area (Å²) in [5.41, 5.74) is 7.16. The molecule has 2 rings (SSSR count). The molecule has 0 amide bonds. The first-order valence-corrected chi connectivity index (χ1v) is 6.64. The van der Waals surface area contributed by atoms with Gasteiger partial charge in [0.15, 0.2) is 5.78 Å². The van der Waals surface area contributed by atoms with Gasteiger partial charge in [0.1, 0.15) is 5.75 Å². The summed E-state index contributed by atoms with van der Waals surface area (Å²) in [7, 11) is 1.51. The molecule has 0 heterocycles. The summed E-state index contributed by atoms with van der Waals surface area (Å²) in [5, 5.41) is 0.476. The Morgan fingerprint density at radius 2 is 2.00 bits per heavy atom. The van der Waals surface area contributed by atoms with Crippen LogP contribution in [0.15, 0.2) is 40.9 Å². The van der Waals surface area contributed by atoms with Crippen molar-refractivity contribution in [2.45, 2.75) is 0 Å². The van der Waals surface area contributed by atoms with E-state index in [1.807, 2.05) is 0 Å². The summed E-state index contributed by atoms with van der Waals surface area (Å²) in [6.07, 6.45) is 0. The predicted molar refractivity (Wildman–Crippen MR) is 80.0 cm³/mol. The zero-order chi connectivity index (χ0) is 14.0. The maximum Gasteiger partial charge on any atom is 0.198 e. The lowest BCUT2D eigenvalue weighted by Gasteiger charge is -2.10. The van der Waals surface area contributed by atoms with Crippen LogP contribution in [0.5, 0.6) is 5.75 Å². The Hall–Kier alpha value is -1.52. The first-order valence-electron chi connectivity index (χ1n) is 5.47. The minimum absolute atomic E-state index is 0.196. The van der Waals surface area contributed by atoms with Crippen molar-refractivity contribution in [1.82, 2.24) is 0 Å². The third kappa shape index (κ3) is 2.74. The molecular weight excluding hydrogens is 330 g/mol. The number of methoxy groups -OCH3 is 1. The molecule has 2 N–H and O–H groups in total. The van der Waals surface area contributed by atoms with Crippen LogP contribution in [-0.2, 0) is 0 Å². The molecule has 0 fully saturated rings. The molecule has 0 aromatic heterocycles. The van der Waals surface area contributed by atoms with E-state index >= 15 is 0 Å². The van der Waals surface area contributed by atoms with Crippen LogP contribution in [0.3, 0.4) is 0 Å². The molecule has 0 atom stereocenters. The maximum absolute atomic E-state index is 12.5. The maximum atomic E-state index is 12.5. The molecule has 19 heavy (non-hydrogen) atoms. The van der Waals surface area contributed by atoms with E-state index in [2.05, 4.69) is 15.9 Å². The Morgan fingerprint density at radius 1 is 1.26 bits per heavy atom. The number of hydrogen-bond donors (Lipinski definition) is 1. The highest BCUT2D eigenvalue weighted by molar-refractivity contribution is 9.10. The molecule has 0 aliphatic heterocycles. The molecule has 0 unspecified atom stereocenters. The van der Waals surface area contributed by atoms with Crippen LogP contribution in [0.2, 0.25) is 5.02 Å². The Morgan fingerprint density at radius 3 is 2.68 bits per heavy atom. The predicted octanol–water partition coefficient (Wildman–Crippen LogP) is 3.92.